The molecule has 2 aliphatic rings. The van der Waals surface area contributed by atoms with Crippen LogP contribution < -0.4 is 0 Å². The Labute approximate surface area is 156 Å². The number of allylic oxidation sites excluding steroid dienone is 1. The first-order valence-corrected chi connectivity index (χ1v) is 9.69. The van der Waals surface area contributed by atoms with E-state index in [1.54, 1.807) is 6.08 Å². The van der Waals surface area contributed by atoms with Gasteiger partial charge in [-0.3, -0.25) is 0 Å². The predicted molar refractivity (Wildman–Crippen MR) is 102 cm³/mol. The van der Waals surface area contributed by atoms with Gasteiger partial charge in [-0.15, -0.1) is 0 Å². The normalized spacial score (nSPS) is 29.5. The Morgan fingerprint density at radius 2 is 2.04 bits per heavy atom. The van der Waals surface area contributed by atoms with Crippen molar-refractivity contribution in [2.45, 2.75) is 50.9 Å². The topological polar surface area (TPSA) is 58.9 Å². The van der Waals surface area contributed by atoms with Crippen molar-refractivity contribution in [3.8, 4) is 0 Å². The van der Waals surface area contributed by atoms with Crippen LogP contribution in [-0.4, -0.2) is 41.7 Å². The molecule has 1 aromatic rings. The summed E-state index contributed by atoms with van der Waals surface area (Å²) in [7, 11) is 0. The monoisotopic (exact) mass is 358 g/mol. The molecule has 0 aliphatic carbocycles. The lowest BCUT2D eigenvalue weighted by atomic mass is 9.77. The van der Waals surface area contributed by atoms with Gasteiger partial charge < -0.3 is 19.7 Å². The van der Waals surface area contributed by atoms with Crippen LogP contribution in [0, 0.1) is 11.8 Å². The van der Waals surface area contributed by atoms with Gasteiger partial charge in [-0.1, -0.05) is 42.5 Å². The second-order valence-electron chi connectivity index (χ2n) is 7.23. The maximum Gasteiger partial charge on any atom is 0.0909 e. The second-order valence-corrected chi connectivity index (χ2v) is 7.23. The third-order valence-corrected chi connectivity index (χ3v) is 5.42. The fourth-order valence-corrected chi connectivity index (χ4v) is 4.12. The van der Waals surface area contributed by atoms with Gasteiger partial charge in [0.05, 0.1) is 30.7 Å². The summed E-state index contributed by atoms with van der Waals surface area (Å²) in [5.74, 6) is 0.899. The zero-order valence-corrected chi connectivity index (χ0v) is 15.5. The molecule has 3 rings (SSSR count). The molecule has 142 valence electrons. The van der Waals surface area contributed by atoms with Crippen LogP contribution in [0.15, 0.2) is 54.3 Å². The number of rotatable bonds is 9. The van der Waals surface area contributed by atoms with Crippen LogP contribution in [-0.2, 0) is 15.9 Å². The van der Waals surface area contributed by atoms with Crippen molar-refractivity contribution in [2.24, 2.45) is 11.8 Å². The standard InChI is InChI=1S/C22H30O4/c1-2-25-13-12-18(24)15-20-19(21-10-11-22(20)26-21)9-8-17(23)14-16-6-4-3-5-7-16/h3-9,12,17,19-24H,2,10-11,13-15H2,1H3/b9-8+,18-12+/t17?,19-,20+,21-,22+/m0/s1. The van der Waals surface area contributed by atoms with Gasteiger partial charge in [0.25, 0.3) is 0 Å². The molecule has 2 bridgehead atoms. The molecule has 4 heteroatoms. The minimum absolute atomic E-state index is 0.212. The van der Waals surface area contributed by atoms with E-state index in [2.05, 4.69) is 6.08 Å². The predicted octanol–water partition coefficient (Wildman–Crippen LogP) is 3.81. The van der Waals surface area contributed by atoms with Crippen molar-refractivity contribution in [2.75, 3.05) is 13.2 Å². The van der Waals surface area contributed by atoms with Gasteiger partial charge in [0, 0.05) is 31.3 Å². The van der Waals surface area contributed by atoms with E-state index in [0.717, 1.165) is 18.4 Å². The molecule has 0 spiro atoms. The van der Waals surface area contributed by atoms with Crippen molar-refractivity contribution in [1.82, 2.24) is 0 Å². The molecule has 5 atom stereocenters. The highest BCUT2D eigenvalue weighted by molar-refractivity contribution is 5.17. The van der Waals surface area contributed by atoms with Crippen molar-refractivity contribution < 1.29 is 19.7 Å². The average molecular weight is 358 g/mol. The largest absolute Gasteiger partial charge is 0.513 e. The van der Waals surface area contributed by atoms with Crippen LogP contribution in [0.4, 0.5) is 0 Å². The molecule has 0 aromatic heterocycles. The van der Waals surface area contributed by atoms with Crippen LogP contribution in [0.2, 0.25) is 0 Å². The molecule has 2 heterocycles. The van der Waals surface area contributed by atoms with E-state index in [9.17, 15) is 10.2 Å². The summed E-state index contributed by atoms with van der Waals surface area (Å²) < 4.78 is 11.4. The summed E-state index contributed by atoms with van der Waals surface area (Å²) in [5, 5.41) is 20.5. The van der Waals surface area contributed by atoms with Crippen molar-refractivity contribution in [1.29, 1.82) is 0 Å². The summed E-state index contributed by atoms with van der Waals surface area (Å²) in [5.41, 5.74) is 1.13. The molecule has 2 aliphatic heterocycles. The molecule has 2 saturated heterocycles. The zero-order chi connectivity index (χ0) is 18.4. The number of benzene rings is 1. The summed E-state index contributed by atoms with van der Waals surface area (Å²) in [6, 6.07) is 10.0. The van der Waals surface area contributed by atoms with E-state index < -0.39 is 6.10 Å². The van der Waals surface area contributed by atoms with Gasteiger partial charge in [-0.05, 0) is 31.4 Å². The Bertz CT molecular complexity index is 610. The number of hydrogen-bond donors (Lipinski definition) is 2. The first kappa shape index (κ1) is 19.2. The quantitative estimate of drug-likeness (QED) is 0.400. The van der Waals surface area contributed by atoms with Crippen molar-refractivity contribution in [3.05, 3.63) is 59.9 Å². The van der Waals surface area contributed by atoms with E-state index in [-0.39, 0.29) is 24.0 Å². The summed E-state index contributed by atoms with van der Waals surface area (Å²) in [4.78, 5) is 0. The summed E-state index contributed by atoms with van der Waals surface area (Å²) >= 11 is 0. The van der Waals surface area contributed by atoms with Crippen LogP contribution >= 0.6 is 0 Å². The molecule has 0 amide bonds. The molecule has 26 heavy (non-hydrogen) atoms. The smallest absolute Gasteiger partial charge is 0.0909 e. The molecule has 0 saturated carbocycles. The van der Waals surface area contributed by atoms with Gasteiger partial charge in [-0.2, -0.15) is 0 Å². The highest BCUT2D eigenvalue weighted by atomic mass is 16.5. The molecule has 1 aromatic carbocycles. The number of ether oxygens (including phenoxy) is 2. The van der Waals surface area contributed by atoms with E-state index in [0.29, 0.717) is 31.8 Å². The Morgan fingerprint density at radius 3 is 2.81 bits per heavy atom. The maximum absolute atomic E-state index is 10.3. The van der Waals surface area contributed by atoms with Gasteiger partial charge in [0.15, 0.2) is 0 Å². The second kappa shape index (κ2) is 9.36. The van der Waals surface area contributed by atoms with Gasteiger partial charge in [-0.25, -0.2) is 0 Å². The Balaban J connectivity index is 1.58. The van der Waals surface area contributed by atoms with E-state index in [4.69, 9.17) is 9.47 Å². The molecular weight excluding hydrogens is 328 g/mol. The van der Waals surface area contributed by atoms with Gasteiger partial charge >= 0.3 is 0 Å². The highest BCUT2D eigenvalue weighted by Crippen LogP contribution is 2.46. The van der Waals surface area contributed by atoms with Crippen LogP contribution in [0.1, 0.15) is 31.7 Å². The molecule has 2 fully saturated rings. The Kier molecular flexibility index (Phi) is 6.89. The van der Waals surface area contributed by atoms with Crippen LogP contribution in [0.5, 0.6) is 0 Å². The number of aliphatic hydroxyl groups excluding tert-OH is 2. The SMILES string of the molecule is CCOC/C=C(/O)C[C@@H]1[C@H](/C=C/C(O)Cc2ccccc2)[C@@H]2CC[C@H]1O2. The molecule has 1 unspecified atom stereocenters. The van der Waals surface area contributed by atoms with Gasteiger partial charge in [0.1, 0.15) is 0 Å². The first-order chi connectivity index (χ1) is 12.7. The molecular formula is C22H30O4. The maximum atomic E-state index is 10.3. The lowest BCUT2D eigenvalue weighted by Crippen LogP contribution is -2.26. The van der Waals surface area contributed by atoms with Crippen LogP contribution in [0.25, 0.3) is 0 Å². The van der Waals surface area contributed by atoms with Crippen molar-refractivity contribution >= 4 is 0 Å². The Hall–Kier alpha value is -1.62. The van der Waals surface area contributed by atoms with Crippen molar-refractivity contribution in [3.63, 3.8) is 0 Å². The number of hydrogen-bond acceptors (Lipinski definition) is 4. The number of aliphatic hydroxyl groups is 2. The van der Waals surface area contributed by atoms with Gasteiger partial charge in [0.2, 0.25) is 0 Å². The third-order valence-electron chi connectivity index (χ3n) is 5.42. The van der Waals surface area contributed by atoms with E-state index in [1.807, 2.05) is 43.3 Å². The minimum Gasteiger partial charge on any atom is -0.513 e. The minimum atomic E-state index is -0.501. The summed E-state index contributed by atoms with van der Waals surface area (Å²) in [6.07, 6.45) is 9.03. The first-order valence-electron chi connectivity index (χ1n) is 9.69. The lowest BCUT2D eigenvalue weighted by Gasteiger charge is -2.25. The molecule has 2 N–H and O–H groups in total. The van der Waals surface area contributed by atoms with E-state index in [1.165, 1.54) is 0 Å². The van der Waals surface area contributed by atoms with Crippen LogP contribution in [0.3, 0.4) is 0 Å². The van der Waals surface area contributed by atoms with E-state index >= 15 is 0 Å². The highest BCUT2D eigenvalue weighted by Gasteiger charge is 2.47. The molecule has 4 nitrogen and oxygen atoms in total. The lowest BCUT2D eigenvalue weighted by molar-refractivity contribution is 0.0882. The number of fused-ring (bicyclic) bond motifs is 2. The Morgan fingerprint density at radius 1 is 1.27 bits per heavy atom. The fourth-order valence-electron chi connectivity index (χ4n) is 4.12. The fraction of sp³-hybridized carbons (Fsp3) is 0.545. The average Bonchev–Trinajstić information content (AvgIpc) is 3.23. The third kappa shape index (κ3) is 4.97. The zero-order valence-electron chi connectivity index (χ0n) is 15.5. The molecule has 0 radical (unpaired) electrons. The summed E-state index contributed by atoms with van der Waals surface area (Å²) in [6.45, 7) is 3.03.